The van der Waals surface area contributed by atoms with Gasteiger partial charge < -0.3 is 15.8 Å². The number of nitrogens with two attached hydrogens (primary N) is 1. The van der Waals surface area contributed by atoms with Crippen molar-refractivity contribution in [1.82, 2.24) is 5.32 Å². The van der Waals surface area contributed by atoms with Gasteiger partial charge in [0.2, 0.25) is 5.91 Å². The molecule has 1 unspecified atom stereocenters. The van der Waals surface area contributed by atoms with Crippen LogP contribution in [0.25, 0.3) is 0 Å². The third-order valence-corrected chi connectivity index (χ3v) is 3.63. The van der Waals surface area contributed by atoms with E-state index in [9.17, 15) is 4.79 Å². The number of benzene rings is 1. The summed E-state index contributed by atoms with van der Waals surface area (Å²) in [5, 5.41) is 3.08. The van der Waals surface area contributed by atoms with Gasteiger partial charge in [0.15, 0.2) is 0 Å². The number of ether oxygens (including phenoxy) is 1. The fourth-order valence-electron chi connectivity index (χ4n) is 2.31. The Bertz CT molecular complexity index is 395. The van der Waals surface area contributed by atoms with Gasteiger partial charge in [0.05, 0.1) is 0 Å². The highest BCUT2D eigenvalue weighted by molar-refractivity contribution is 5.86. The second-order valence-electron chi connectivity index (χ2n) is 4.96. The van der Waals surface area contributed by atoms with E-state index in [0.29, 0.717) is 13.0 Å². The Kier molecular flexibility index (Phi) is 7.26. The number of rotatable bonds is 10. The summed E-state index contributed by atoms with van der Waals surface area (Å²) in [6.07, 6.45) is 3.95. The van der Waals surface area contributed by atoms with Crippen LogP contribution in [0.3, 0.4) is 0 Å². The lowest BCUT2D eigenvalue weighted by Gasteiger charge is -2.30. The molecule has 1 aromatic carbocycles. The number of likely N-dealkylation sites (N-methyl/N-ethyl adjacent to an activating group) is 1. The number of primary amides is 1. The summed E-state index contributed by atoms with van der Waals surface area (Å²) in [4.78, 5) is 11.9. The van der Waals surface area contributed by atoms with Gasteiger partial charge in [0.1, 0.15) is 5.54 Å². The lowest BCUT2D eigenvalue weighted by molar-refractivity contribution is -0.125. The van der Waals surface area contributed by atoms with Crippen molar-refractivity contribution in [2.45, 2.75) is 38.1 Å². The monoisotopic (exact) mass is 278 g/mol. The van der Waals surface area contributed by atoms with Crippen molar-refractivity contribution in [3.05, 3.63) is 35.9 Å². The van der Waals surface area contributed by atoms with E-state index in [4.69, 9.17) is 10.5 Å². The zero-order valence-corrected chi connectivity index (χ0v) is 12.5. The van der Waals surface area contributed by atoms with Crippen LogP contribution in [0.1, 0.15) is 38.2 Å². The van der Waals surface area contributed by atoms with Gasteiger partial charge in [-0.25, -0.2) is 0 Å². The first kappa shape index (κ1) is 16.7. The molecule has 112 valence electrons. The first-order valence-corrected chi connectivity index (χ1v) is 7.29. The highest BCUT2D eigenvalue weighted by Gasteiger charge is 2.36. The fraction of sp³-hybridized carbons (Fsp3) is 0.562. The summed E-state index contributed by atoms with van der Waals surface area (Å²) in [6.45, 7) is 3.41. The van der Waals surface area contributed by atoms with Crippen molar-refractivity contribution in [2.75, 3.05) is 20.3 Å². The summed E-state index contributed by atoms with van der Waals surface area (Å²) < 4.78 is 5.62. The van der Waals surface area contributed by atoms with Crippen molar-refractivity contribution in [3.63, 3.8) is 0 Å². The van der Waals surface area contributed by atoms with Gasteiger partial charge in [0.25, 0.3) is 0 Å². The Morgan fingerprint density at radius 1 is 1.25 bits per heavy atom. The molecule has 0 fully saturated rings. The molecule has 0 saturated heterocycles. The van der Waals surface area contributed by atoms with Crippen LogP contribution in [0, 0.1) is 0 Å². The van der Waals surface area contributed by atoms with Crippen LogP contribution in [0.2, 0.25) is 0 Å². The van der Waals surface area contributed by atoms with Gasteiger partial charge in [-0.05, 0) is 19.0 Å². The number of hydrogen-bond acceptors (Lipinski definition) is 3. The Morgan fingerprint density at radius 3 is 2.50 bits per heavy atom. The van der Waals surface area contributed by atoms with Gasteiger partial charge >= 0.3 is 0 Å². The molecule has 4 heteroatoms. The summed E-state index contributed by atoms with van der Waals surface area (Å²) in [5.41, 5.74) is 5.65. The normalized spacial score (nSPS) is 13.9. The topological polar surface area (TPSA) is 64.3 Å². The van der Waals surface area contributed by atoms with Gasteiger partial charge in [-0.15, -0.1) is 0 Å². The van der Waals surface area contributed by atoms with Gasteiger partial charge in [0, 0.05) is 19.6 Å². The molecule has 0 radical (unpaired) electrons. The molecular weight excluding hydrogens is 252 g/mol. The predicted octanol–water partition coefficient (Wildman–Crippen LogP) is 2.18. The molecule has 0 aromatic heterocycles. The maximum absolute atomic E-state index is 11.9. The minimum atomic E-state index is -0.855. The van der Waals surface area contributed by atoms with Crippen molar-refractivity contribution in [1.29, 1.82) is 0 Å². The second-order valence-corrected chi connectivity index (χ2v) is 4.96. The second kappa shape index (κ2) is 8.72. The van der Waals surface area contributed by atoms with E-state index in [1.807, 2.05) is 30.3 Å². The van der Waals surface area contributed by atoms with Crippen LogP contribution >= 0.6 is 0 Å². The summed E-state index contributed by atoms with van der Waals surface area (Å²) in [6, 6.07) is 9.57. The Labute approximate surface area is 121 Å². The molecule has 1 atom stereocenters. The molecule has 4 nitrogen and oxygen atoms in total. The predicted molar refractivity (Wildman–Crippen MR) is 81.3 cm³/mol. The highest BCUT2D eigenvalue weighted by atomic mass is 16.5. The van der Waals surface area contributed by atoms with Crippen molar-refractivity contribution in [3.8, 4) is 0 Å². The maximum atomic E-state index is 11.9. The summed E-state index contributed by atoms with van der Waals surface area (Å²) >= 11 is 0. The number of carbonyl (C=O) groups is 1. The summed E-state index contributed by atoms with van der Waals surface area (Å²) in [7, 11) is 1.76. The van der Waals surface area contributed by atoms with E-state index in [1.54, 1.807) is 7.05 Å². The van der Waals surface area contributed by atoms with E-state index in [0.717, 1.165) is 18.6 Å². The summed E-state index contributed by atoms with van der Waals surface area (Å²) in [5.74, 6) is -0.372. The first-order valence-electron chi connectivity index (χ1n) is 7.29. The van der Waals surface area contributed by atoms with Gasteiger partial charge in [-0.3, -0.25) is 4.79 Å². The first-order chi connectivity index (χ1) is 9.67. The lowest BCUT2D eigenvalue weighted by atomic mass is 9.86. The zero-order chi connectivity index (χ0) is 14.8. The van der Waals surface area contributed by atoms with E-state index < -0.39 is 5.54 Å². The van der Waals surface area contributed by atoms with Crippen molar-refractivity contribution >= 4 is 5.91 Å². The van der Waals surface area contributed by atoms with Crippen LogP contribution in [0.4, 0.5) is 0 Å². The smallest absolute Gasteiger partial charge is 0.242 e. The van der Waals surface area contributed by atoms with Crippen LogP contribution in [-0.2, 0) is 15.1 Å². The standard InChI is InChI=1S/C16H26N2O2/c1-3-4-8-12-20-13-11-16(18-2,15(17)19)14-9-6-5-7-10-14/h5-7,9-10,18H,3-4,8,11-13H2,1-2H3,(H2,17,19). The number of hydrogen-bond donors (Lipinski definition) is 2. The number of amides is 1. The Morgan fingerprint density at radius 2 is 1.95 bits per heavy atom. The minimum Gasteiger partial charge on any atom is -0.381 e. The molecule has 0 aliphatic carbocycles. The van der Waals surface area contributed by atoms with Crippen LogP contribution in [0.5, 0.6) is 0 Å². The number of unbranched alkanes of at least 4 members (excludes halogenated alkanes) is 2. The van der Waals surface area contributed by atoms with E-state index in [-0.39, 0.29) is 5.91 Å². The molecule has 20 heavy (non-hydrogen) atoms. The molecule has 0 heterocycles. The molecule has 0 aliphatic heterocycles. The van der Waals surface area contributed by atoms with Crippen molar-refractivity contribution in [2.24, 2.45) is 5.73 Å². The van der Waals surface area contributed by atoms with Crippen LogP contribution in [0.15, 0.2) is 30.3 Å². The van der Waals surface area contributed by atoms with Crippen LogP contribution in [-0.4, -0.2) is 26.2 Å². The third kappa shape index (κ3) is 4.32. The average molecular weight is 278 g/mol. The zero-order valence-electron chi connectivity index (χ0n) is 12.5. The minimum absolute atomic E-state index is 0.372. The van der Waals surface area contributed by atoms with Gasteiger partial charge in [-0.2, -0.15) is 0 Å². The molecule has 1 rings (SSSR count). The quantitative estimate of drug-likeness (QED) is 0.645. The maximum Gasteiger partial charge on any atom is 0.242 e. The number of nitrogens with one attached hydrogen (secondary N) is 1. The molecular formula is C16H26N2O2. The molecule has 0 saturated carbocycles. The van der Waals surface area contributed by atoms with Gasteiger partial charge in [-0.1, -0.05) is 50.1 Å². The Hall–Kier alpha value is -1.39. The average Bonchev–Trinajstić information content (AvgIpc) is 2.47. The highest BCUT2D eigenvalue weighted by Crippen LogP contribution is 2.24. The molecule has 0 bridgehead atoms. The van der Waals surface area contributed by atoms with E-state index in [2.05, 4.69) is 12.2 Å². The molecule has 1 aromatic rings. The molecule has 0 spiro atoms. The lowest BCUT2D eigenvalue weighted by Crippen LogP contribution is -2.51. The Balaban J connectivity index is 2.64. The largest absolute Gasteiger partial charge is 0.381 e. The molecule has 0 aliphatic rings. The van der Waals surface area contributed by atoms with Crippen LogP contribution < -0.4 is 11.1 Å². The third-order valence-electron chi connectivity index (χ3n) is 3.63. The molecule has 3 N–H and O–H groups in total. The fourth-order valence-corrected chi connectivity index (χ4v) is 2.31. The molecule has 1 amide bonds. The number of carbonyl (C=O) groups excluding carboxylic acids is 1. The van der Waals surface area contributed by atoms with E-state index in [1.165, 1.54) is 12.8 Å². The SMILES string of the molecule is CCCCCOCCC(NC)(C(N)=O)c1ccccc1. The van der Waals surface area contributed by atoms with E-state index >= 15 is 0 Å². The van der Waals surface area contributed by atoms with Crippen molar-refractivity contribution < 1.29 is 9.53 Å².